The zero-order chi connectivity index (χ0) is 25.2. The number of amides is 2. The van der Waals surface area contributed by atoms with Gasteiger partial charge >= 0.3 is 0 Å². The Kier molecular flexibility index (Phi) is 10.3. The molecule has 0 unspecified atom stereocenters. The number of nitrogens with one attached hydrogen (secondary N) is 1. The summed E-state index contributed by atoms with van der Waals surface area (Å²) in [6.45, 7) is 2.26. The molecule has 35 heavy (non-hydrogen) atoms. The number of nitrogens with zero attached hydrogens (tertiary/aromatic N) is 1. The van der Waals surface area contributed by atoms with Gasteiger partial charge in [0.25, 0.3) is 5.91 Å². The fourth-order valence-corrected chi connectivity index (χ4v) is 4.18. The fraction of sp³-hybridized carbons (Fsp3) is 0.259. The second-order valence-electron chi connectivity index (χ2n) is 7.96. The molecule has 0 bridgehead atoms. The van der Waals surface area contributed by atoms with Crippen LogP contribution in [0.3, 0.4) is 0 Å². The van der Waals surface area contributed by atoms with Gasteiger partial charge in [-0.1, -0.05) is 78.1 Å². The Balaban J connectivity index is 1.93. The molecule has 184 valence electrons. The van der Waals surface area contributed by atoms with E-state index in [9.17, 15) is 9.59 Å². The molecule has 3 aromatic carbocycles. The Labute approximate surface area is 220 Å². The first-order chi connectivity index (χ1) is 16.9. The van der Waals surface area contributed by atoms with Gasteiger partial charge in [0.15, 0.2) is 6.61 Å². The van der Waals surface area contributed by atoms with E-state index in [-0.39, 0.29) is 25.0 Å². The number of benzene rings is 3. The molecule has 0 saturated heterocycles. The van der Waals surface area contributed by atoms with Crippen LogP contribution < -0.4 is 10.1 Å². The predicted octanol–water partition coefficient (Wildman–Crippen LogP) is 6.19. The molecule has 0 aliphatic rings. The van der Waals surface area contributed by atoms with Crippen molar-refractivity contribution in [2.75, 3.05) is 13.2 Å². The monoisotopic (exact) mass is 532 g/mol. The van der Waals surface area contributed by atoms with Gasteiger partial charge in [-0.25, -0.2) is 0 Å². The summed E-state index contributed by atoms with van der Waals surface area (Å²) in [5, 5.41) is 4.33. The quantitative estimate of drug-likeness (QED) is 0.320. The highest BCUT2D eigenvalue weighted by atomic mass is 35.5. The largest absolute Gasteiger partial charge is 0.484 e. The molecule has 1 atom stereocenters. The third-order valence-electron chi connectivity index (χ3n) is 5.39. The van der Waals surface area contributed by atoms with E-state index in [1.807, 2.05) is 37.3 Å². The molecule has 0 heterocycles. The molecular formula is C27H27Cl3N2O3. The van der Waals surface area contributed by atoms with E-state index in [2.05, 4.69) is 5.32 Å². The SMILES string of the molecule is CCCNC(=O)[C@H](Cc1ccccc1)N(Cc1c(Cl)cccc1Cl)C(=O)COc1ccc(Cl)cc1. The lowest BCUT2D eigenvalue weighted by Crippen LogP contribution is -2.51. The number of carbonyl (C=O) groups is 2. The highest BCUT2D eigenvalue weighted by Gasteiger charge is 2.31. The van der Waals surface area contributed by atoms with Crippen LogP contribution >= 0.6 is 34.8 Å². The first kappa shape index (κ1) is 26.9. The Hall–Kier alpha value is -2.73. The molecule has 0 aromatic heterocycles. The number of halogens is 3. The van der Waals surface area contributed by atoms with Crippen LogP contribution in [0.5, 0.6) is 5.75 Å². The van der Waals surface area contributed by atoms with Gasteiger partial charge in [0.05, 0.1) is 0 Å². The highest BCUT2D eigenvalue weighted by molar-refractivity contribution is 6.36. The average Bonchev–Trinajstić information content (AvgIpc) is 2.86. The molecule has 0 spiro atoms. The van der Waals surface area contributed by atoms with Crippen LogP contribution in [0.2, 0.25) is 15.1 Å². The fourth-order valence-electron chi connectivity index (χ4n) is 3.53. The van der Waals surface area contributed by atoms with Crippen LogP contribution in [-0.2, 0) is 22.6 Å². The van der Waals surface area contributed by atoms with Gasteiger partial charge in [0.1, 0.15) is 11.8 Å². The number of carbonyl (C=O) groups excluding carboxylic acids is 2. The van der Waals surface area contributed by atoms with Crippen LogP contribution in [0.15, 0.2) is 72.8 Å². The standard InChI is InChI=1S/C27H27Cl3N2O3/c1-2-15-31-27(34)25(16-19-7-4-3-5-8-19)32(17-22-23(29)9-6-10-24(22)30)26(33)18-35-21-13-11-20(28)12-14-21/h3-14,25H,2,15-18H2,1H3,(H,31,34)/t25-/m0/s1. The van der Waals surface area contributed by atoms with E-state index < -0.39 is 6.04 Å². The molecule has 0 saturated carbocycles. The minimum atomic E-state index is -0.794. The molecule has 1 N–H and O–H groups in total. The van der Waals surface area contributed by atoms with E-state index in [0.717, 1.165) is 12.0 Å². The number of hydrogen-bond acceptors (Lipinski definition) is 3. The maximum atomic E-state index is 13.5. The lowest BCUT2D eigenvalue weighted by atomic mass is 10.0. The smallest absolute Gasteiger partial charge is 0.261 e. The van der Waals surface area contributed by atoms with E-state index in [1.165, 1.54) is 4.90 Å². The minimum absolute atomic E-state index is 0.0539. The van der Waals surface area contributed by atoms with Gasteiger partial charge in [-0.2, -0.15) is 0 Å². The van der Waals surface area contributed by atoms with Crippen molar-refractivity contribution in [2.45, 2.75) is 32.4 Å². The molecule has 8 heteroatoms. The average molecular weight is 534 g/mol. The lowest BCUT2D eigenvalue weighted by molar-refractivity contribution is -0.142. The van der Waals surface area contributed by atoms with E-state index in [1.54, 1.807) is 42.5 Å². The third kappa shape index (κ3) is 7.89. The van der Waals surface area contributed by atoms with Crippen molar-refractivity contribution in [1.29, 1.82) is 0 Å². The topological polar surface area (TPSA) is 58.6 Å². The summed E-state index contributed by atoms with van der Waals surface area (Å²) in [5.74, 6) is -0.129. The summed E-state index contributed by atoms with van der Waals surface area (Å²) in [5.41, 5.74) is 1.49. The zero-order valence-corrected chi connectivity index (χ0v) is 21.6. The van der Waals surface area contributed by atoms with Crippen molar-refractivity contribution in [3.8, 4) is 5.75 Å². The third-order valence-corrected chi connectivity index (χ3v) is 6.35. The summed E-state index contributed by atoms with van der Waals surface area (Å²) in [4.78, 5) is 28.3. The van der Waals surface area contributed by atoms with Crippen molar-refractivity contribution in [2.24, 2.45) is 0 Å². The maximum Gasteiger partial charge on any atom is 0.261 e. The highest BCUT2D eigenvalue weighted by Crippen LogP contribution is 2.27. The molecule has 0 fully saturated rings. The molecule has 3 aromatic rings. The van der Waals surface area contributed by atoms with E-state index in [0.29, 0.717) is 39.3 Å². The molecule has 0 aliphatic heterocycles. The normalized spacial score (nSPS) is 11.5. The van der Waals surface area contributed by atoms with Crippen molar-refractivity contribution in [3.05, 3.63) is 99.0 Å². The van der Waals surface area contributed by atoms with Gasteiger partial charge in [-0.15, -0.1) is 0 Å². The molecule has 0 aliphatic carbocycles. The Morgan fingerprint density at radius 2 is 1.57 bits per heavy atom. The summed E-state index contributed by atoms with van der Waals surface area (Å²) < 4.78 is 5.72. The van der Waals surface area contributed by atoms with Crippen LogP contribution in [0.4, 0.5) is 0 Å². The van der Waals surface area contributed by atoms with Crippen LogP contribution in [0.1, 0.15) is 24.5 Å². The summed E-state index contributed by atoms with van der Waals surface area (Å²) in [6.07, 6.45) is 1.10. The van der Waals surface area contributed by atoms with Gasteiger partial charge in [-0.3, -0.25) is 9.59 Å². The van der Waals surface area contributed by atoms with E-state index in [4.69, 9.17) is 39.5 Å². The summed E-state index contributed by atoms with van der Waals surface area (Å²) in [7, 11) is 0. The first-order valence-corrected chi connectivity index (χ1v) is 12.4. The lowest BCUT2D eigenvalue weighted by Gasteiger charge is -2.32. The molecule has 2 amide bonds. The molecular weight excluding hydrogens is 507 g/mol. The second-order valence-corrected chi connectivity index (χ2v) is 9.21. The number of hydrogen-bond donors (Lipinski definition) is 1. The number of ether oxygens (including phenoxy) is 1. The Morgan fingerprint density at radius 1 is 0.914 bits per heavy atom. The summed E-state index contributed by atoms with van der Waals surface area (Å²) >= 11 is 18.8. The van der Waals surface area contributed by atoms with Crippen molar-refractivity contribution in [1.82, 2.24) is 10.2 Å². The van der Waals surface area contributed by atoms with Crippen molar-refractivity contribution in [3.63, 3.8) is 0 Å². The van der Waals surface area contributed by atoms with Gasteiger partial charge in [0, 0.05) is 40.1 Å². The summed E-state index contributed by atoms with van der Waals surface area (Å²) in [6, 6.07) is 20.6. The molecule has 0 radical (unpaired) electrons. The van der Waals surface area contributed by atoms with Crippen LogP contribution in [0.25, 0.3) is 0 Å². The van der Waals surface area contributed by atoms with Crippen molar-refractivity contribution < 1.29 is 14.3 Å². The van der Waals surface area contributed by atoms with Gasteiger partial charge in [-0.05, 0) is 48.4 Å². The Bertz CT molecular complexity index is 1100. The molecule has 5 nitrogen and oxygen atoms in total. The van der Waals surface area contributed by atoms with Gasteiger partial charge in [0.2, 0.25) is 5.91 Å². The number of rotatable bonds is 11. The van der Waals surface area contributed by atoms with Crippen LogP contribution in [-0.4, -0.2) is 35.9 Å². The molecule has 3 rings (SSSR count). The second kappa shape index (κ2) is 13.4. The first-order valence-electron chi connectivity index (χ1n) is 11.3. The predicted molar refractivity (Wildman–Crippen MR) is 141 cm³/mol. The Morgan fingerprint density at radius 3 is 2.20 bits per heavy atom. The van der Waals surface area contributed by atoms with Crippen LogP contribution in [0, 0.1) is 0 Å². The minimum Gasteiger partial charge on any atom is -0.484 e. The zero-order valence-electron chi connectivity index (χ0n) is 19.3. The van der Waals surface area contributed by atoms with Gasteiger partial charge < -0.3 is 15.0 Å². The van der Waals surface area contributed by atoms with Crippen molar-refractivity contribution >= 4 is 46.6 Å². The van der Waals surface area contributed by atoms with E-state index >= 15 is 0 Å². The maximum absolute atomic E-state index is 13.5.